The zero-order valence-electron chi connectivity index (χ0n) is 16.7. The van der Waals surface area contributed by atoms with Crippen LogP contribution in [0.5, 0.6) is 0 Å². The lowest BCUT2D eigenvalue weighted by Gasteiger charge is -2.27. The molecule has 0 spiro atoms. The highest BCUT2D eigenvalue weighted by atomic mass is 35.5. The normalized spacial score (nSPS) is 14.3. The summed E-state index contributed by atoms with van der Waals surface area (Å²) in [4.78, 5) is 12.8. The number of anilines is 1. The number of nitrogens with zero attached hydrogens (tertiary/aromatic N) is 3. The van der Waals surface area contributed by atoms with Crippen molar-refractivity contribution in [2.75, 3.05) is 31.2 Å². The van der Waals surface area contributed by atoms with Gasteiger partial charge in [0, 0.05) is 40.6 Å². The van der Waals surface area contributed by atoms with Crippen molar-refractivity contribution in [3.05, 3.63) is 62.7 Å². The molecule has 4 rings (SSSR count). The second-order valence-electron chi connectivity index (χ2n) is 6.98. The summed E-state index contributed by atoms with van der Waals surface area (Å²) in [7, 11) is 0. The molecule has 2 aromatic heterocycles. The van der Waals surface area contributed by atoms with E-state index in [4.69, 9.17) is 37.7 Å². The molecule has 1 aliphatic rings. The number of hydrogen-bond donors (Lipinski definition) is 0. The van der Waals surface area contributed by atoms with Crippen LogP contribution < -0.4 is 4.90 Å². The highest BCUT2D eigenvalue weighted by Crippen LogP contribution is 2.34. The molecule has 0 amide bonds. The van der Waals surface area contributed by atoms with Crippen LogP contribution in [0.15, 0.2) is 36.5 Å². The van der Waals surface area contributed by atoms with Gasteiger partial charge in [-0.3, -0.25) is 4.98 Å². The van der Waals surface area contributed by atoms with Crippen LogP contribution in [0.2, 0.25) is 10.0 Å². The van der Waals surface area contributed by atoms with E-state index in [1.165, 1.54) is 0 Å². The van der Waals surface area contributed by atoms with E-state index in [0.717, 1.165) is 52.0 Å². The van der Waals surface area contributed by atoms with Crippen LogP contribution in [0, 0.1) is 0 Å². The maximum atomic E-state index is 6.27. The highest BCUT2D eigenvalue weighted by molar-refractivity contribution is 7.15. The molecule has 3 heterocycles. The van der Waals surface area contributed by atoms with E-state index in [0.29, 0.717) is 36.5 Å². The van der Waals surface area contributed by atoms with Crippen molar-refractivity contribution in [1.82, 2.24) is 9.97 Å². The number of halogens is 2. The zero-order valence-corrected chi connectivity index (χ0v) is 19.1. The molecule has 0 aliphatic carbocycles. The Morgan fingerprint density at radius 1 is 1.13 bits per heavy atom. The second-order valence-corrected chi connectivity index (χ2v) is 8.91. The minimum absolute atomic E-state index is 0.418. The zero-order chi connectivity index (χ0) is 20.9. The van der Waals surface area contributed by atoms with Gasteiger partial charge in [-0.1, -0.05) is 36.2 Å². The first-order valence-electron chi connectivity index (χ1n) is 9.93. The van der Waals surface area contributed by atoms with Gasteiger partial charge in [0.1, 0.15) is 10.8 Å². The second kappa shape index (κ2) is 10.1. The first-order chi connectivity index (χ1) is 14.6. The van der Waals surface area contributed by atoms with Gasteiger partial charge in [-0.15, -0.1) is 11.3 Å². The Bertz CT molecular complexity index is 1010. The fraction of sp³-hybridized carbons (Fsp3) is 0.364. The van der Waals surface area contributed by atoms with Gasteiger partial charge < -0.3 is 14.4 Å². The molecule has 0 radical (unpaired) electrons. The first kappa shape index (κ1) is 21.5. The average molecular weight is 464 g/mol. The SMILES string of the molecule is CCc1cc(-c2nc(N3CCOCC3)c(COCc3ccc(Cl)cc3Cl)s2)ccn1. The summed E-state index contributed by atoms with van der Waals surface area (Å²) in [5.41, 5.74) is 3.07. The number of rotatable bonds is 7. The Morgan fingerprint density at radius 3 is 2.73 bits per heavy atom. The molecule has 1 aliphatic heterocycles. The van der Waals surface area contributed by atoms with E-state index in [1.54, 1.807) is 17.4 Å². The Morgan fingerprint density at radius 2 is 1.97 bits per heavy atom. The average Bonchev–Trinajstić information content (AvgIpc) is 3.20. The number of morpholine rings is 1. The third kappa shape index (κ3) is 5.13. The molecule has 0 N–H and O–H groups in total. The van der Waals surface area contributed by atoms with Gasteiger partial charge in [0.15, 0.2) is 0 Å². The molecule has 30 heavy (non-hydrogen) atoms. The maximum absolute atomic E-state index is 6.27. The largest absolute Gasteiger partial charge is 0.378 e. The summed E-state index contributed by atoms with van der Waals surface area (Å²) < 4.78 is 11.5. The summed E-state index contributed by atoms with van der Waals surface area (Å²) in [5, 5.41) is 2.22. The minimum atomic E-state index is 0.418. The highest BCUT2D eigenvalue weighted by Gasteiger charge is 2.21. The number of hydrogen-bond acceptors (Lipinski definition) is 6. The van der Waals surface area contributed by atoms with Gasteiger partial charge in [-0.25, -0.2) is 4.98 Å². The summed E-state index contributed by atoms with van der Waals surface area (Å²) in [6.45, 7) is 6.07. The van der Waals surface area contributed by atoms with Crippen LogP contribution in [0.3, 0.4) is 0 Å². The number of pyridine rings is 1. The van der Waals surface area contributed by atoms with Crippen LogP contribution in [0.25, 0.3) is 10.6 Å². The molecule has 1 saturated heterocycles. The number of thiazole rings is 1. The number of benzene rings is 1. The van der Waals surface area contributed by atoms with E-state index >= 15 is 0 Å². The van der Waals surface area contributed by atoms with Gasteiger partial charge in [-0.2, -0.15) is 0 Å². The monoisotopic (exact) mass is 463 g/mol. The number of ether oxygens (including phenoxy) is 2. The van der Waals surface area contributed by atoms with Gasteiger partial charge in [-0.05, 0) is 36.2 Å². The van der Waals surface area contributed by atoms with Crippen molar-refractivity contribution in [3.63, 3.8) is 0 Å². The lowest BCUT2D eigenvalue weighted by Crippen LogP contribution is -2.37. The molecular formula is C22H23Cl2N3O2S. The summed E-state index contributed by atoms with van der Waals surface area (Å²) in [6.07, 6.45) is 2.75. The van der Waals surface area contributed by atoms with Crippen LogP contribution in [0.4, 0.5) is 5.82 Å². The van der Waals surface area contributed by atoms with Gasteiger partial charge in [0.2, 0.25) is 0 Å². The van der Waals surface area contributed by atoms with E-state index in [-0.39, 0.29) is 0 Å². The Labute approximate surface area is 190 Å². The maximum Gasteiger partial charge on any atom is 0.146 e. The molecule has 1 fully saturated rings. The number of aryl methyl sites for hydroxylation is 1. The predicted molar refractivity (Wildman–Crippen MR) is 123 cm³/mol. The molecule has 158 valence electrons. The molecule has 0 saturated carbocycles. The molecular weight excluding hydrogens is 441 g/mol. The van der Waals surface area contributed by atoms with Crippen molar-refractivity contribution in [1.29, 1.82) is 0 Å². The third-order valence-electron chi connectivity index (χ3n) is 4.92. The fourth-order valence-corrected chi connectivity index (χ4v) is 4.76. The van der Waals surface area contributed by atoms with Gasteiger partial charge in [0.25, 0.3) is 0 Å². The summed E-state index contributed by atoms with van der Waals surface area (Å²) in [6, 6.07) is 9.58. The minimum Gasteiger partial charge on any atom is -0.378 e. The van der Waals surface area contributed by atoms with Crippen LogP contribution >= 0.6 is 34.5 Å². The van der Waals surface area contributed by atoms with Crippen molar-refractivity contribution in [2.45, 2.75) is 26.6 Å². The van der Waals surface area contributed by atoms with E-state index < -0.39 is 0 Å². The Balaban J connectivity index is 1.55. The quantitative estimate of drug-likeness (QED) is 0.454. The Hall–Kier alpha value is -1.70. The van der Waals surface area contributed by atoms with Gasteiger partial charge >= 0.3 is 0 Å². The third-order valence-corrected chi connectivity index (χ3v) is 6.57. The predicted octanol–water partition coefficient (Wildman–Crippen LogP) is 5.63. The van der Waals surface area contributed by atoms with E-state index in [1.807, 2.05) is 24.4 Å². The van der Waals surface area contributed by atoms with Crippen molar-refractivity contribution in [3.8, 4) is 10.6 Å². The molecule has 1 aromatic carbocycles. The smallest absolute Gasteiger partial charge is 0.146 e. The molecule has 0 bridgehead atoms. The van der Waals surface area contributed by atoms with Crippen molar-refractivity contribution in [2.24, 2.45) is 0 Å². The van der Waals surface area contributed by atoms with Gasteiger partial charge in [0.05, 0.1) is 31.3 Å². The fourth-order valence-electron chi connectivity index (χ4n) is 3.28. The lowest BCUT2D eigenvalue weighted by molar-refractivity contribution is 0.108. The number of aromatic nitrogens is 2. The first-order valence-corrected chi connectivity index (χ1v) is 11.5. The Kier molecular flexibility index (Phi) is 7.23. The van der Waals surface area contributed by atoms with E-state index in [9.17, 15) is 0 Å². The topological polar surface area (TPSA) is 47.5 Å². The van der Waals surface area contributed by atoms with E-state index in [2.05, 4.69) is 22.9 Å². The molecule has 5 nitrogen and oxygen atoms in total. The van der Waals surface area contributed by atoms with Crippen molar-refractivity contribution < 1.29 is 9.47 Å². The van der Waals surface area contributed by atoms with Crippen LogP contribution in [-0.4, -0.2) is 36.3 Å². The van der Waals surface area contributed by atoms with Crippen LogP contribution in [-0.2, 0) is 29.1 Å². The lowest BCUT2D eigenvalue weighted by atomic mass is 10.2. The van der Waals surface area contributed by atoms with Crippen molar-refractivity contribution >= 4 is 40.4 Å². The van der Waals surface area contributed by atoms with Crippen LogP contribution in [0.1, 0.15) is 23.1 Å². The molecule has 0 atom stereocenters. The summed E-state index contributed by atoms with van der Waals surface area (Å²) >= 11 is 13.9. The standard InChI is InChI=1S/C22H23Cl2N3O2S/c1-2-18-11-15(5-6-25-18)22-26-21(27-7-9-28-10-8-27)20(30-22)14-29-13-16-3-4-17(23)12-19(16)24/h3-6,11-12H,2,7-10,13-14H2,1H3. The summed E-state index contributed by atoms with van der Waals surface area (Å²) in [5.74, 6) is 0.982. The molecule has 3 aromatic rings. The molecule has 8 heteroatoms. The molecule has 0 unspecified atom stereocenters.